The molecule has 1 saturated heterocycles. The van der Waals surface area contributed by atoms with E-state index in [1.165, 1.54) is 6.42 Å². The van der Waals surface area contributed by atoms with Gasteiger partial charge in [-0.15, -0.1) is 0 Å². The molecular weight excluding hydrogens is 250 g/mol. The highest BCUT2D eigenvalue weighted by molar-refractivity contribution is 5.76. The lowest BCUT2D eigenvalue weighted by Crippen LogP contribution is -2.32. The van der Waals surface area contributed by atoms with Gasteiger partial charge < -0.3 is 10.0 Å². The van der Waals surface area contributed by atoms with Crippen LogP contribution < -0.4 is 0 Å². The van der Waals surface area contributed by atoms with Gasteiger partial charge in [0.15, 0.2) is 0 Å². The van der Waals surface area contributed by atoms with Gasteiger partial charge in [0.25, 0.3) is 0 Å². The fourth-order valence-electron chi connectivity index (χ4n) is 2.97. The summed E-state index contributed by atoms with van der Waals surface area (Å²) in [6.07, 6.45) is 1.17. The summed E-state index contributed by atoms with van der Waals surface area (Å²) in [4.78, 5) is 13.8. The number of aliphatic carboxylic acids is 1. The van der Waals surface area contributed by atoms with Crippen molar-refractivity contribution in [1.82, 2.24) is 4.90 Å². The SMILES string of the molecule is CC(C)(C)C1CCN(CC(C(=O)O)c2ccccc2)C1. The number of carboxylic acids is 1. The summed E-state index contributed by atoms with van der Waals surface area (Å²) < 4.78 is 0. The van der Waals surface area contributed by atoms with E-state index in [9.17, 15) is 9.90 Å². The summed E-state index contributed by atoms with van der Waals surface area (Å²) >= 11 is 0. The van der Waals surface area contributed by atoms with Gasteiger partial charge in [0.1, 0.15) is 0 Å². The molecule has 1 aliphatic rings. The molecule has 0 aliphatic carbocycles. The Morgan fingerprint density at radius 3 is 2.50 bits per heavy atom. The van der Waals surface area contributed by atoms with Gasteiger partial charge in [-0.25, -0.2) is 0 Å². The van der Waals surface area contributed by atoms with Crippen LogP contribution in [0.2, 0.25) is 0 Å². The highest BCUT2D eigenvalue weighted by atomic mass is 16.4. The van der Waals surface area contributed by atoms with E-state index in [2.05, 4.69) is 25.7 Å². The van der Waals surface area contributed by atoms with Crippen molar-refractivity contribution >= 4 is 5.97 Å². The maximum atomic E-state index is 11.5. The Bertz CT molecular complexity index is 450. The van der Waals surface area contributed by atoms with E-state index < -0.39 is 11.9 Å². The molecule has 0 bridgehead atoms. The number of likely N-dealkylation sites (tertiary alicyclic amines) is 1. The van der Waals surface area contributed by atoms with Gasteiger partial charge in [-0.3, -0.25) is 4.79 Å². The number of carboxylic acid groups (broad SMARTS) is 1. The average molecular weight is 275 g/mol. The molecule has 1 heterocycles. The number of benzene rings is 1. The third kappa shape index (κ3) is 3.60. The van der Waals surface area contributed by atoms with Crippen LogP contribution in [0.3, 0.4) is 0 Å². The predicted octanol–water partition coefficient (Wildman–Crippen LogP) is 3.22. The highest BCUT2D eigenvalue weighted by Crippen LogP contribution is 2.34. The van der Waals surface area contributed by atoms with Gasteiger partial charge in [-0.1, -0.05) is 51.1 Å². The van der Waals surface area contributed by atoms with Gasteiger partial charge in [0, 0.05) is 13.1 Å². The van der Waals surface area contributed by atoms with Crippen molar-refractivity contribution in [3.63, 3.8) is 0 Å². The summed E-state index contributed by atoms with van der Waals surface area (Å²) in [5.41, 5.74) is 1.21. The van der Waals surface area contributed by atoms with Crippen molar-refractivity contribution in [2.24, 2.45) is 11.3 Å². The van der Waals surface area contributed by atoms with E-state index >= 15 is 0 Å². The maximum Gasteiger partial charge on any atom is 0.312 e. The number of carbonyl (C=O) groups is 1. The number of hydrogen-bond acceptors (Lipinski definition) is 2. The topological polar surface area (TPSA) is 40.5 Å². The maximum absolute atomic E-state index is 11.5. The van der Waals surface area contributed by atoms with Gasteiger partial charge in [-0.05, 0) is 29.9 Å². The second kappa shape index (κ2) is 5.96. The summed E-state index contributed by atoms with van der Waals surface area (Å²) in [7, 11) is 0. The summed E-state index contributed by atoms with van der Waals surface area (Å²) in [6, 6.07) is 9.57. The highest BCUT2D eigenvalue weighted by Gasteiger charge is 2.33. The lowest BCUT2D eigenvalue weighted by Gasteiger charge is -2.27. The van der Waals surface area contributed by atoms with E-state index in [4.69, 9.17) is 0 Å². The molecule has 1 aromatic carbocycles. The molecule has 110 valence electrons. The van der Waals surface area contributed by atoms with Crippen LogP contribution in [0.1, 0.15) is 38.7 Å². The third-order valence-corrected chi connectivity index (χ3v) is 4.44. The standard InChI is InChI=1S/C17H25NO2/c1-17(2,3)14-9-10-18(11-14)12-15(16(19)20)13-7-5-4-6-8-13/h4-8,14-15H,9-12H2,1-3H3,(H,19,20). The van der Waals surface area contributed by atoms with Crippen molar-refractivity contribution < 1.29 is 9.90 Å². The molecule has 1 aromatic rings. The van der Waals surface area contributed by atoms with Crippen LogP contribution in [0.25, 0.3) is 0 Å². The van der Waals surface area contributed by atoms with Crippen molar-refractivity contribution in [1.29, 1.82) is 0 Å². The minimum atomic E-state index is -0.726. The normalized spacial score (nSPS) is 21.9. The van der Waals surface area contributed by atoms with Crippen molar-refractivity contribution in [3.05, 3.63) is 35.9 Å². The molecule has 0 spiro atoms. The molecule has 2 rings (SSSR count). The predicted molar refractivity (Wildman–Crippen MR) is 80.8 cm³/mol. The molecule has 1 fully saturated rings. The van der Waals surface area contributed by atoms with Gasteiger partial charge in [-0.2, -0.15) is 0 Å². The molecule has 0 amide bonds. The van der Waals surface area contributed by atoms with Crippen molar-refractivity contribution in [2.75, 3.05) is 19.6 Å². The lowest BCUT2D eigenvalue weighted by atomic mass is 9.80. The van der Waals surface area contributed by atoms with E-state index in [0.717, 1.165) is 18.7 Å². The Hall–Kier alpha value is -1.35. The first kappa shape index (κ1) is 15.0. The van der Waals surface area contributed by atoms with Crippen LogP contribution in [-0.2, 0) is 4.79 Å². The summed E-state index contributed by atoms with van der Waals surface area (Å²) in [5.74, 6) is -0.488. The minimum Gasteiger partial charge on any atom is -0.481 e. The molecule has 3 nitrogen and oxygen atoms in total. The monoisotopic (exact) mass is 275 g/mol. The molecular formula is C17H25NO2. The van der Waals surface area contributed by atoms with E-state index in [1.54, 1.807) is 0 Å². The Labute approximate surface area is 121 Å². The second-order valence-corrected chi connectivity index (χ2v) is 6.91. The van der Waals surface area contributed by atoms with Gasteiger partial charge in [0.2, 0.25) is 0 Å². The first-order valence-electron chi connectivity index (χ1n) is 7.38. The van der Waals surface area contributed by atoms with Gasteiger partial charge in [0.05, 0.1) is 5.92 Å². The molecule has 1 N–H and O–H groups in total. The van der Waals surface area contributed by atoms with Crippen LogP contribution in [-0.4, -0.2) is 35.6 Å². The van der Waals surface area contributed by atoms with Crippen LogP contribution >= 0.6 is 0 Å². The number of nitrogens with zero attached hydrogens (tertiary/aromatic N) is 1. The van der Waals surface area contributed by atoms with Crippen LogP contribution in [0.15, 0.2) is 30.3 Å². The molecule has 2 unspecified atom stereocenters. The van der Waals surface area contributed by atoms with Crippen molar-refractivity contribution in [3.8, 4) is 0 Å². The smallest absolute Gasteiger partial charge is 0.312 e. The van der Waals surface area contributed by atoms with Crippen molar-refractivity contribution in [2.45, 2.75) is 33.1 Å². The third-order valence-electron chi connectivity index (χ3n) is 4.44. The van der Waals surface area contributed by atoms with E-state index in [1.807, 2.05) is 30.3 Å². The van der Waals surface area contributed by atoms with Gasteiger partial charge >= 0.3 is 5.97 Å². The van der Waals surface area contributed by atoms with Crippen LogP contribution in [0, 0.1) is 11.3 Å². The molecule has 0 saturated carbocycles. The Morgan fingerprint density at radius 1 is 1.35 bits per heavy atom. The fraction of sp³-hybridized carbons (Fsp3) is 0.588. The first-order chi connectivity index (χ1) is 9.38. The molecule has 3 heteroatoms. The molecule has 0 aromatic heterocycles. The van der Waals surface area contributed by atoms with Crippen LogP contribution in [0.5, 0.6) is 0 Å². The molecule has 20 heavy (non-hydrogen) atoms. The zero-order valence-electron chi connectivity index (χ0n) is 12.7. The Balaban J connectivity index is 2.03. The molecule has 1 aliphatic heterocycles. The number of rotatable bonds is 4. The largest absolute Gasteiger partial charge is 0.481 e. The molecule has 2 atom stereocenters. The molecule has 0 radical (unpaired) electrons. The number of hydrogen-bond donors (Lipinski definition) is 1. The van der Waals surface area contributed by atoms with E-state index in [-0.39, 0.29) is 0 Å². The fourth-order valence-corrected chi connectivity index (χ4v) is 2.97. The minimum absolute atomic E-state index is 0.306. The lowest BCUT2D eigenvalue weighted by molar-refractivity contribution is -0.139. The quantitative estimate of drug-likeness (QED) is 0.917. The summed E-state index contributed by atoms with van der Waals surface area (Å²) in [6.45, 7) is 9.46. The van der Waals surface area contributed by atoms with Crippen LogP contribution in [0.4, 0.5) is 0 Å². The van der Waals surface area contributed by atoms with E-state index in [0.29, 0.717) is 17.9 Å². The first-order valence-corrected chi connectivity index (χ1v) is 7.38. The average Bonchev–Trinajstić information content (AvgIpc) is 2.85. The summed E-state index contributed by atoms with van der Waals surface area (Å²) in [5, 5.41) is 9.49. The Morgan fingerprint density at radius 2 is 2.00 bits per heavy atom. The second-order valence-electron chi connectivity index (χ2n) is 6.91. The zero-order chi connectivity index (χ0) is 14.8. The zero-order valence-corrected chi connectivity index (χ0v) is 12.7. The Kier molecular flexibility index (Phi) is 4.48.